The zero-order valence-corrected chi connectivity index (χ0v) is 12.9. The van der Waals surface area contributed by atoms with Crippen LogP contribution in [0, 0.1) is 23.2 Å². The van der Waals surface area contributed by atoms with Crippen LogP contribution in [-0.4, -0.2) is 6.04 Å². The predicted octanol–water partition coefficient (Wildman–Crippen LogP) is 4.89. The standard InChI is InChI=1S/C18H33N/c1-2-3-4-5-6-7-17(19)18-11-14-8-15(12-18)10-16(9-14)13-18/h14-17H,2-13,19H2,1H3. The highest BCUT2D eigenvalue weighted by Gasteiger charge is 2.52. The van der Waals surface area contributed by atoms with Crippen LogP contribution in [-0.2, 0) is 0 Å². The van der Waals surface area contributed by atoms with Crippen molar-refractivity contribution >= 4 is 0 Å². The maximum atomic E-state index is 6.69. The first kappa shape index (κ1) is 13.9. The first-order valence-corrected chi connectivity index (χ1v) is 8.97. The third kappa shape index (κ3) is 2.86. The molecule has 110 valence electrons. The molecule has 4 fully saturated rings. The molecule has 0 aromatic carbocycles. The second kappa shape index (κ2) is 5.76. The molecule has 4 bridgehead atoms. The summed E-state index contributed by atoms with van der Waals surface area (Å²) in [6, 6.07) is 0.516. The van der Waals surface area contributed by atoms with Gasteiger partial charge in [-0.05, 0) is 68.1 Å². The molecule has 0 aliphatic heterocycles. The summed E-state index contributed by atoms with van der Waals surface area (Å²) in [6.07, 6.45) is 17.3. The predicted molar refractivity (Wildman–Crippen MR) is 82.0 cm³/mol. The molecule has 2 N–H and O–H groups in total. The monoisotopic (exact) mass is 263 g/mol. The summed E-state index contributed by atoms with van der Waals surface area (Å²) in [5, 5.41) is 0. The normalized spacial score (nSPS) is 41.7. The fourth-order valence-electron chi connectivity index (χ4n) is 5.91. The molecule has 1 atom stereocenters. The van der Waals surface area contributed by atoms with Gasteiger partial charge in [0.25, 0.3) is 0 Å². The molecular formula is C18H33N. The summed E-state index contributed by atoms with van der Waals surface area (Å²) in [6.45, 7) is 2.29. The van der Waals surface area contributed by atoms with Gasteiger partial charge in [0, 0.05) is 6.04 Å². The van der Waals surface area contributed by atoms with E-state index in [2.05, 4.69) is 6.92 Å². The van der Waals surface area contributed by atoms with Crippen molar-refractivity contribution in [2.75, 3.05) is 0 Å². The maximum absolute atomic E-state index is 6.69. The summed E-state index contributed by atoms with van der Waals surface area (Å²) in [5.74, 6) is 3.16. The third-order valence-electron chi connectivity index (χ3n) is 6.49. The van der Waals surface area contributed by atoms with Crippen LogP contribution in [0.25, 0.3) is 0 Å². The van der Waals surface area contributed by atoms with Crippen LogP contribution in [0.1, 0.15) is 84.0 Å². The average molecular weight is 263 g/mol. The molecule has 0 aromatic heterocycles. The van der Waals surface area contributed by atoms with E-state index in [-0.39, 0.29) is 0 Å². The Morgan fingerprint density at radius 3 is 1.95 bits per heavy atom. The van der Waals surface area contributed by atoms with E-state index in [1.54, 1.807) is 19.3 Å². The lowest BCUT2D eigenvalue weighted by atomic mass is 9.47. The van der Waals surface area contributed by atoms with E-state index in [1.807, 2.05) is 0 Å². The Balaban J connectivity index is 1.50. The zero-order chi connectivity index (χ0) is 13.3. The summed E-state index contributed by atoms with van der Waals surface area (Å²) < 4.78 is 0. The van der Waals surface area contributed by atoms with E-state index >= 15 is 0 Å². The van der Waals surface area contributed by atoms with Crippen molar-refractivity contribution < 1.29 is 0 Å². The molecule has 1 heteroatoms. The minimum absolute atomic E-state index is 0.516. The van der Waals surface area contributed by atoms with Crippen LogP contribution >= 0.6 is 0 Å². The van der Waals surface area contributed by atoms with Crippen LogP contribution < -0.4 is 5.73 Å². The summed E-state index contributed by atoms with van der Waals surface area (Å²) in [5.41, 5.74) is 7.27. The van der Waals surface area contributed by atoms with Gasteiger partial charge in [-0.3, -0.25) is 0 Å². The molecule has 0 aromatic rings. The molecule has 0 amide bonds. The Morgan fingerprint density at radius 2 is 1.42 bits per heavy atom. The van der Waals surface area contributed by atoms with Gasteiger partial charge in [0.05, 0.1) is 0 Å². The molecular weight excluding hydrogens is 230 g/mol. The van der Waals surface area contributed by atoms with Gasteiger partial charge in [-0.25, -0.2) is 0 Å². The van der Waals surface area contributed by atoms with E-state index in [4.69, 9.17) is 5.73 Å². The van der Waals surface area contributed by atoms with E-state index in [0.717, 1.165) is 17.8 Å². The van der Waals surface area contributed by atoms with Gasteiger partial charge in [0.2, 0.25) is 0 Å². The van der Waals surface area contributed by atoms with Crippen LogP contribution in [0.3, 0.4) is 0 Å². The quantitative estimate of drug-likeness (QED) is 0.650. The molecule has 1 unspecified atom stereocenters. The highest BCUT2D eigenvalue weighted by atomic mass is 14.7. The van der Waals surface area contributed by atoms with Crippen molar-refractivity contribution in [3.05, 3.63) is 0 Å². The van der Waals surface area contributed by atoms with Crippen molar-refractivity contribution in [3.63, 3.8) is 0 Å². The van der Waals surface area contributed by atoms with Gasteiger partial charge in [-0.15, -0.1) is 0 Å². The highest BCUT2D eigenvalue weighted by molar-refractivity contribution is 5.05. The number of nitrogens with two attached hydrogens (primary N) is 1. The second-order valence-electron chi connectivity index (χ2n) is 8.09. The Hall–Kier alpha value is -0.0400. The molecule has 0 saturated heterocycles. The second-order valence-corrected chi connectivity index (χ2v) is 8.09. The minimum Gasteiger partial charge on any atom is -0.327 e. The van der Waals surface area contributed by atoms with Gasteiger partial charge < -0.3 is 5.73 Å². The van der Waals surface area contributed by atoms with Crippen molar-refractivity contribution in [2.45, 2.75) is 90.0 Å². The van der Waals surface area contributed by atoms with E-state index in [0.29, 0.717) is 11.5 Å². The van der Waals surface area contributed by atoms with Gasteiger partial charge in [-0.2, -0.15) is 0 Å². The van der Waals surface area contributed by atoms with Crippen molar-refractivity contribution in [3.8, 4) is 0 Å². The first-order valence-electron chi connectivity index (χ1n) is 8.97. The number of rotatable bonds is 7. The number of hydrogen-bond acceptors (Lipinski definition) is 1. The zero-order valence-electron chi connectivity index (χ0n) is 12.9. The Kier molecular flexibility index (Phi) is 4.22. The molecule has 1 nitrogen and oxygen atoms in total. The molecule has 4 aliphatic carbocycles. The van der Waals surface area contributed by atoms with Crippen LogP contribution in [0.4, 0.5) is 0 Å². The van der Waals surface area contributed by atoms with Crippen LogP contribution in [0.5, 0.6) is 0 Å². The van der Waals surface area contributed by atoms with Crippen molar-refractivity contribution in [1.82, 2.24) is 0 Å². The number of unbranched alkanes of at least 4 members (excludes halogenated alkanes) is 4. The van der Waals surface area contributed by atoms with Gasteiger partial charge >= 0.3 is 0 Å². The molecule has 4 saturated carbocycles. The Labute approximate surface area is 119 Å². The smallest absolute Gasteiger partial charge is 0.00958 e. The van der Waals surface area contributed by atoms with Gasteiger partial charge in [-0.1, -0.05) is 39.0 Å². The maximum Gasteiger partial charge on any atom is 0.00958 e. The molecule has 4 rings (SSSR count). The average Bonchev–Trinajstić information content (AvgIpc) is 2.36. The molecule has 4 aliphatic rings. The SMILES string of the molecule is CCCCCCCC(N)C12CC3CC(CC(C3)C1)C2. The Bertz CT molecular complexity index is 261. The van der Waals surface area contributed by atoms with Crippen LogP contribution in [0.15, 0.2) is 0 Å². The summed E-state index contributed by atoms with van der Waals surface area (Å²) >= 11 is 0. The minimum atomic E-state index is 0.516. The van der Waals surface area contributed by atoms with E-state index in [9.17, 15) is 0 Å². The topological polar surface area (TPSA) is 26.0 Å². The number of hydrogen-bond donors (Lipinski definition) is 1. The molecule has 0 spiro atoms. The fraction of sp³-hybridized carbons (Fsp3) is 1.00. The van der Waals surface area contributed by atoms with Gasteiger partial charge in [0.15, 0.2) is 0 Å². The first-order chi connectivity index (χ1) is 9.22. The fourth-order valence-corrected chi connectivity index (χ4v) is 5.91. The van der Waals surface area contributed by atoms with Crippen LogP contribution in [0.2, 0.25) is 0 Å². The summed E-state index contributed by atoms with van der Waals surface area (Å²) in [4.78, 5) is 0. The lowest BCUT2D eigenvalue weighted by molar-refractivity contribution is -0.0684. The summed E-state index contributed by atoms with van der Waals surface area (Å²) in [7, 11) is 0. The molecule has 19 heavy (non-hydrogen) atoms. The van der Waals surface area contributed by atoms with E-state index in [1.165, 1.54) is 57.8 Å². The van der Waals surface area contributed by atoms with Crippen molar-refractivity contribution in [2.24, 2.45) is 28.9 Å². The highest BCUT2D eigenvalue weighted by Crippen LogP contribution is 2.61. The van der Waals surface area contributed by atoms with Gasteiger partial charge in [0.1, 0.15) is 0 Å². The Morgan fingerprint density at radius 1 is 0.895 bits per heavy atom. The van der Waals surface area contributed by atoms with Crippen molar-refractivity contribution in [1.29, 1.82) is 0 Å². The largest absolute Gasteiger partial charge is 0.327 e. The molecule has 0 radical (unpaired) electrons. The third-order valence-corrected chi connectivity index (χ3v) is 6.49. The lowest BCUT2D eigenvalue weighted by Crippen LogP contribution is -2.54. The van der Waals surface area contributed by atoms with E-state index < -0.39 is 0 Å². The lowest BCUT2D eigenvalue weighted by Gasteiger charge is -2.59. The molecule has 0 heterocycles.